The quantitative estimate of drug-likeness (QED) is 0.383. The van der Waals surface area contributed by atoms with E-state index in [9.17, 15) is 10.1 Å². The molecule has 1 aromatic carbocycles. The number of aliphatic hydroxyl groups excluding tert-OH is 1. The third kappa shape index (κ3) is 2.33. The number of hydrogen-bond donors (Lipinski definition) is 3. The number of phenolic OH excluding ortho intramolecular Hbond substituents is 1. The molecule has 0 fully saturated rings. The van der Waals surface area contributed by atoms with Gasteiger partial charge in [0.2, 0.25) is 0 Å². The number of aromatic hydroxyl groups is 1. The SMILES string of the molecule is CC(O)Nc1cc(O)ccc1[N+](=O)[O-]. The molecule has 6 heteroatoms. The molecule has 76 valence electrons. The zero-order chi connectivity index (χ0) is 10.7. The standard InChI is InChI=1S/C8H10N2O4/c1-5(11)9-7-4-6(12)2-3-8(7)10(13)14/h2-5,9,11-12H,1H3. The smallest absolute Gasteiger partial charge is 0.292 e. The number of phenols is 1. The van der Waals surface area contributed by atoms with Gasteiger partial charge in [0.05, 0.1) is 4.92 Å². The number of nitrogens with zero attached hydrogens (tertiary/aromatic N) is 1. The predicted molar refractivity (Wildman–Crippen MR) is 50.1 cm³/mol. The highest BCUT2D eigenvalue weighted by Gasteiger charge is 2.14. The van der Waals surface area contributed by atoms with Gasteiger partial charge >= 0.3 is 0 Å². The largest absolute Gasteiger partial charge is 0.508 e. The molecule has 0 aliphatic rings. The summed E-state index contributed by atoms with van der Waals surface area (Å²) in [6.45, 7) is 1.42. The van der Waals surface area contributed by atoms with Crippen LogP contribution in [-0.2, 0) is 0 Å². The van der Waals surface area contributed by atoms with Crippen molar-refractivity contribution < 1.29 is 15.1 Å². The molecule has 0 saturated carbocycles. The van der Waals surface area contributed by atoms with E-state index >= 15 is 0 Å². The molecular weight excluding hydrogens is 188 g/mol. The molecule has 1 aromatic rings. The lowest BCUT2D eigenvalue weighted by Crippen LogP contribution is -2.14. The summed E-state index contributed by atoms with van der Waals surface area (Å²) in [5.41, 5.74) is -0.103. The zero-order valence-electron chi connectivity index (χ0n) is 7.47. The number of nitro groups is 1. The van der Waals surface area contributed by atoms with Crippen molar-refractivity contribution in [2.75, 3.05) is 5.32 Å². The first-order valence-corrected chi connectivity index (χ1v) is 3.92. The number of nitrogens with one attached hydrogen (secondary N) is 1. The molecule has 0 amide bonds. The summed E-state index contributed by atoms with van der Waals surface area (Å²) >= 11 is 0. The molecule has 0 aliphatic heterocycles. The van der Waals surface area contributed by atoms with Crippen LogP contribution in [0.2, 0.25) is 0 Å². The molecule has 14 heavy (non-hydrogen) atoms. The molecule has 0 aromatic heterocycles. The third-order valence-electron chi connectivity index (χ3n) is 1.54. The monoisotopic (exact) mass is 198 g/mol. The van der Waals surface area contributed by atoms with Gasteiger partial charge in [0.15, 0.2) is 0 Å². The molecule has 6 nitrogen and oxygen atoms in total. The Hall–Kier alpha value is -1.82. The van der Waals surface area contributed by atoms with E-state index in [2.05, 4.69) is 5.32 Å². The molecule has 0 aliphatic carbocycles. The molecule has 1 rings (SSSR count). The summed E-state index contributed by atoms with van der Waals surface area (Å²) < 4.78 is 0. The van der Waals surface area contributed by atoms with E-state index in [1.54, 1.807) is 0 Å². The van der Waals surface area contributed by atoms with Gasteiger partial charge in [-0.1, -0.05) is 0 Å². The van der Waals surface area contributed by atoms with Crippen LogP contribution in [0.25, 0.3) is 0 Å². The maximum atomic E-state index is 10.5. The lowest BCUT2D eigenvalue weighted by Gasteiger charge is -2.09. The van der Waals surface area contributed by atoms with Crippen LogP contribution in [0.5, 0.6) is 5.75 Å². The molecule has 0 spiro atoms. The fourth-order valence-electron chi connectivity index (χ4n) is 1.02. The average molecular weight is 198 g/mol. The van der Waals surface area contributed by atoms with Crippen molar-refractivity contribution in [2.24, 2.45) is 0 Å². The Morgan fingerprint density at radius 3 is 2.71 bits per heavy atom. The van der Waals surface area contributed by atoms with E-state index in [0.717, 1.165) is 0 Å². The summed E-state index contributed by atoms with van der Waals surface area (Å²) in [6, 6.07) is 3.57. The first-order chi connectivity index (χ1) is 6.50. The lowest BCUT2D eigenvalue weighted by molar-refractivity contribution is -0.384. The Morgan fingerprint density at radius 1 is 1.57 bits per heavy atom. The third-order valence-corrected chi connectivity index (χ3v) is 1.54. The summed E-state index contributed by atoms with van der Waals surface area (Å²) in [5.74, 6) is -0.0984. The van der Waals surface area contributed by atoms with E-state index < -0.39 is 11.2 Å². The number of nitro benzene ring substituents is 1. The molecule has 0 saturated heterocycles. The number of anilines is 1. The van der Waals surface area contributed by atoms with Crippen LogP contribution in [0.15, 0.2) is 18.2 Å². The predicted octanol–water partition coefficient (Wildman–Crippen LogP) is 1.05. The maximum Gasteiger partial charge on any atom is 0.292 e. The minimum absolute atomic E-state index is 0.0880. The number of aliphatic hydroxyl groups is 1. The first-order valence-electron chi connectivity index (χ1n) is 3.92. The van der Waals surface area contributed by atoms with Gasteiger partial charge in [-0.25, -0.2) is 0 Å². The summed E-state index contributed by atoms with van der Waals surface area (Å²) in [5, 5.41) is 31.0. The van der Waals surface area contributed by atoms with Gasteiger partial charge in [0.1, 0.15) is 17.7 Å². The van der Waals surface area contributed by atoms with Crippen molar-refractivity contribution in [2.45, 2.75) is 13.2 Å². The average Bonchev–Trinajstić information content (AvgIpc) is 2.01. The normalized spacial score (nSPS) is 12.1. The van der Waals surface area contributed by atoms with Gasteiger partial charge < -0.3 is 15.5 Å². The molecule has 0 heterocycles. The first kappa shape index (κ1) is 10.3. The topological polar surface area (TPSA) is 95.6 Å². The van der Waals surface area contributed by atoms with Crippen molar-refractivity contribution in [3.8, 4) is 5.75 Å². The summed E-state index contributed by atoms with van der Waals surface area (Å²) in [7, 11) is 0. The van der Waals surface area contributed by atoms with E-state index in [4.69, 9.17) is 10.2 Å². The van der Waals surface area contributed by atoms with Crippen molar-refractivity contribution in [3.05, 3.63) is 28.3 Å². The number of rotatable bonds is 3. The zero-order valence-corrected chi connectivity index (χ0v) is 7.47. The molecule has 0 bridgehead atoms. The van der Waals surface area contributed by atoms with Crippen LogP contribution in [0.3, 0.4) is 0 Å². The van der Waals surface area contributed by atoms with E-state index in [1.807, 2.05) is 0 Å². The molecule has 1 atom stereocenters. The van der Waals surface area contributed by atoms with Crippen LogP contribution in [-0.4, -0.2) is 21.4 Å². The van der Waals surface area contributed by atoms with E-state index in [-0.39, 0.29) is 17.1 Å². The van der Waals surface area contributed by atoms with Crippen molar-refractivity contribution >= 4 is 11.4 Å². The summed E-state index contributed by atoms with van der Waals surface area (Å²) in [4.78, 5) is 9.92. The number of hydrogen-bond acceptors (Lipinski definition) is 5. The fourth-order valence-corrected chi connectivity index (χ4v) is 1.02. The van der Waals surface area contributed by atoms with Gasteiger partial charge in [-0.2, -0.15) is 0 Å². The molecular formula is C8H10N2O4. The molecule has 3 N–H and O–H groups in total. The van der Waals surface area contributed by atoms with Crippen LogP contribution >= 0.6 is 0 Å². The highest BCUT2D eigenvalue weighted by molar-refractivity contribution is 5.64. The number of benzene rings is 1. The minimum Gasteiger partial charge on any atom is -0.508 e. The highest BCUT2D eigenvalue weighted by atomic mass is 16.6. The van der Waals surface area contributed by atoms with Crippen molar-refractivity contribution in [1.29, 1.82) is 0 Å². The molecule has 0 radical (unpaired) electrons. The van der Waals surface area contributed by atoms with Crippen molar-refractivity contribution in [3.63, 3.8) is 0 Å². The van der Waals surface area contributed by atoms with Crippen LogP contribution in [0, 0.1) is 10.1 Å². The lowest BCUT2D eigenvalue weighted by atomic mass is 10.2. The maximum absolute atomic E-state index is 10.5. The summed E-state index contributed by atoms with van der Waals surface area (Å²) in [6.07, 6.45) is -0.921. The van der Waals surface area contributed by atoms with Gasteiger partial charge in [0, 0.05) is 12.1 Å². The van der Waals surface area contributed by atoms with Gasteiger partial charge in [-0.05, 0) is 13.0 Å². The van der Waals surface area contributed by atoms with Gasteiger partial charge in [0.25, 0.3) is 5.69 Å². The molecule has 1 unspecified atom stereocenters. The van der Waals surface area contributed by atoms with Crippen LogP contribution in [0.1, 0.15) is 6.92 Å². The van der Waals surface area contributed by atoms with Crippen molar-refractivity contribution in [1.82, 2.24) is 0 Å². The minimum atomic E-state index is -0.921. The fraction of sp³-hybridized carbons (Fsp3) is 0.250. The van der Waals surface area contributed by atoms with Crippen LogP contribution in [0.4, 0.5) is 11.4 Å². The van der Waals surface area contributed by atoms with E-state index in [0.29, 0.717) is 0 Å². The Morgan fingerprint density at radius 2 is 2.21 bits per heavy atom. The Labute approximate surface area is 80.0 Å². The Balaban J connectivity index is 3.09. The Kier molecular flexibility index (Phi) is 2.88. The second kappa shape index (κ2) is 3.93. The van der Waals surface area contributed by atoms with E-state index in [1.165, 1.54) is 25.1 Å². The van der Waals surface area contributed by atoms with Gasteiger partial charge in [-0.15, -0.1) is 0 Å². The van der Waals surface area contributed by atoms with Crippen LogP contribution < -0.4 is 5.32 Å². The Bertz CT molecular complexity index is 351. The second-order valence-corrected chi connectivity index (χ2v) is 2.78. The highest BCUT2D eigenvalue weighted by Crippen LogP contribution is 2.28. The second-order valence-electron chi connectivity index (χ2n) is 2.78. The van der Waals surface area contributed by atoms with Gasteiger partial charge in [-0.3, -0.25) is 10.1 Å².